The number of aliphatic hydroxyl groups excluding tert-OH is 1. The molecule has 2 rings (SSSR count). The van der Waals surface area contributed by atoms with E-state index < -0.39 is 23.5 Å². The molecular weight excluding hydrogens is 366 g/mol. The van der Waals surface area contributed by atoms with Crippen LogP contribution in [0, 0.1) is 10.1 Å². The monoisotopic (exact) mass is 382 g/mol. The molecule has 2 N–H and O–H groups in total. The molecule has 0 aromatic heterocycles. The smallest absolute Gasteiger partial charge is 0.387 e. The van der Waals surface area contributed by atoms with Crippen LogP contribution in [0.3, 0.4) is 0 Å². The van der Waals surface area contributed by atoms with Gasteiger partial charge in [-0.05, 0) is 35.9 Å². The zero-order valence-corrected chi connectivity index (χ0v) is 14.1. The quantitative estimate of drug-likeness (QED) is 0.536. The number of hydrogen-bond acceptors (Lipinski definition) is 6. The van der Waals surface area contributed by atoms with Gasteiger partial charge in [-0.2, -0.15) is 8.78 Å². The lowest BCUT2D eigenvalue weighted by Crippen LogP contribution is -2.28. The SMILES string of the molecule is COc1cc(C(=O)NC[C@@H](O)c2ccc([N+](=O)[O-])cc2)ccc1OC(F)F. The van der Waals surface area contributed by atoms with Crippen molar-refractivity contribution < 1.29 is 33.1 Å². The molecule has 0 fully saturated rings. The van der Waals surface area contributed by atoms with Crippen LogP contribution >= 0.6 is 0 Å². The number of ether oxygens (including phenoxy) is 2. The van der Waals surface area contributed by atoms with Crippen molar-refractivity contribution in [2.24, 2.45) is 0 Å². The van der Waals surface area contributed by atoms with Crippen LogP contribution in [0.2, 0.25) is 0 Å². The summed E-state index contributed by atoms with van der Waals surface area (Å²) in [5.74, 6) is -0.827. The number of rotatable bonds is 8. The van der Waals surface area contributed by atoms with E-state index in [4.69, 9.17) is 4.74 Å². The van der Waals surface area contributed by atoms with Gasteiger partial charge in [0.1, 0.15) is 0 Å². The molecule has 1 atom stereocenters. The lowest BCUT2D eigenvalue weighted by Gasteiger charge is -2.14. The highest BCUT2D eigenvalue weighted by atomic mass is 19.3. The third-order valence-electron chi connectivity index (χ3n) is 3.59. The second-order valence-electron chi connectivity index (χ2n) is 5.32. The summed E-state index contributed by atoms with van der Waals surface area (Å²) >= 11 is 0. The van der Waals surface area contributed by atoms with Crippen molar-refractivity contribution in [2.45, 2.75) is 12.7 Å². The maximum atomic E-state index is 12.3. The first-order valence-corrected chi connectivity index (χ1v) is 7.65. The van der Waals surface area contributed by atoms with Gasteiger partial charge in [-0.1, -0.05) is 0 Å². The largest absolute Gasteiger partial charge is 0.493 e. The molecule has 2 aromatic carbocycles. The second kappa shape index (κ2) is 8.90. The van der Waals surface area contributed by atoms with Gasteiger partial charge in [-0.25, -0.2) is 0 Å². The predicted molar refractivity (Wildman–Crippen MR) is 90.0 cm³/mol. The number of non-ortho nitro benzene ring substituents is 1. The maximum absolute atomic E-state index is 12.3. The van der Waals surface area contributed by atoms with E-state index in [-0.39, 0.29) is 29.3 Å². The molecule has 0 saturated heterocycles. The number of methoxy groups -OCH3 is 1. The standard InChI is InChI=1S/C17H16F2N2O6/c1-26-15-8-11(4-7-14(15)27-17(18)19)16(23)20-9-13(22)10-2-5-12(6-3-10)21(24)25/h2-8,13,17,22H,9H2,1H3,(H,20,23)/t13-/m1/s1. The third-order valence-corrected chi connectivity index (χ3v) is 3.59. The Morgan fingerprint density at radius 1 is 1.22 bits per heavy atom. The zero-order chi connectivity index (χ0) is 20.0. The fourth-order valence-corrected chi connectivity index (χ4v) is 2.23. The van der Waals surface area contributed by atoms with Gasteiger partial charge in [0.2, 0.25) is 0 Å². The van der Waals surface area contributed by atoms with Crippen LogP contribution in [-0.4, -0.2) is 36.2 Å². The van der Waals surface area contributed by atoms with Gasteiger partial charge in [0.15, 0.2) is 11.5 Å². The van der Waals surface area contributed by atoms with Crippen molar-refractivity contribution in [3.63, 3.8) is 0 Å². The normalized spacial score (nSPS) is 11.7. The number of nitrogens with zero attached hydrogens (tertiary/aromatic N) is 1. The minimum absolute atomic E-state index is 0.0427. The first-order valence-electron chi connectivity index (χ1n) is 7.65. The highest BCUT2D eigenvalue weighted by Crippen LogP contribution is 2.29. The van der Waals surface area contributed by atoms with Gasteiger partial charge in [0, 0.05) is 24.2 Å². The Labute approximate surface area is 152 Å². The lowest BCUT2D eigenvalue weighted by atomic mass is 10.1. The summed E-state index contributed by atoms with van der Waals surface area (Å²) in [5, 5.41) is 23.2. The summed E-state index contributed by atoms with van der Waals surface area (Å²) < 4.78 is 33.8. The van der Waals surface area contributed by atoms with Crippen LogP contribution in [0.5, 0.6) is 11.5 Å². The van der Waals surface area contributed by atoms with Crippen LogP contribution in [0.1, 0.15) is 22.0 Å². The van der Waals surface area contributed by atoms with Crippen LogP contribution in [0.15, 0.2) is 42.5 Å². The summed E-state index contributed by atoms with van der Waals surface area (Å²) in [5.41, 5.74) is 0.386. The number of carbonyl (C=O) groups excluding carboxylic acids is 1. The molecule has 0 heterocycles. The van der Waals surface area contributed by atoms with Crippen molar-refractivity contribution in [2.75, 3.05) is 13.7 Å². The van der Waals surface area contributed by atoms with Crippen molar-refractivity contribution >= 4 is 11.6 Å². The van der Waals surface area contributed by atoms with Crippen molar-refractivity contribution in [3.8, 4) is 11.5 Å². The predicted octanol–water partition coefficient (Wildman–Crippen LogP) is 2.67. The number of amides is 1. The average molecular weight is 382 g/mol. The molecule has 1 amide bonds. The van der Waals surface area contributed by atoms with Crippen LogP contribution in [0.25, 0.3) is 0 Å². The molecule has 8 nitrogen and oxygen atoms in total. The van der Waals surface area contributed by atoms with Crippen molar-refractivity contribution in [1.29, 1.82) is 0 Å². The minimum Gasteiger partial charge on any atom is -0.493 e. The molecule has 27 heavy (non-hydrogen) atoms. The topological polar surface area (TPSA) is 111 Å². The van der Waals surface area contributed by atoms with E-state index >= 15 is 0 Å². The van der Waals surface area contributed by atoms with E-state index in [9.17, 15) is 28.8 Å². The number of benzene rings is 2. The lowest BCUT2D eigenvalue weighted by molar-refractivity contribution is -0.384. The second-order valence-corrected chi connectivity index (χ2v) is 5.32. The fourth-order valence-electron chi connectivity index (χ4n) is 2.23. The first kappa shape index (κ1) is 20.0. The maximum Gasteiger partial charge on any atom is 0.387 e. The molecule has 0 aliphatic heterocycles. The van der Waals surface area contributed by atoms with E-state index in [1.807, 2.05) is 0 Å². The molecule has 0 aliphatic rings. The first-order chi connectivity index (χ1) is 12.8. The van der Waals surface area contributed by atoms with E-state index in [0.29, 0.717) is 5.56 Å². The summed E-state index contributed by atoms with van der Waals surface area (Å²) in [6.07, 6.45) is -1.09. The number of nitro groups is 1. The Balaban J connectivity index is 2.01. The summed E-state index contributed by atoms with van der Waals surface area (Å²) in [6, 6.07) is 8.93. The number of nitro benzene ring substituents is 1. The highest BCUT2D eigenvalue weighted by Gasteiger charge is 2.16. The Morgan fingerprint density at radius 3 is 2.44 bits per heavy atom. The van der Waals surface area contributed by atoms with E-state index in [2.05, 4.69) is 10.1 Å². The molecule has 2 aromatic rings. The Bertz CT molecular complexity index is 814. The molecule has 144 valence electrons. The summed E-state index contributed by atoms with van der Waals surface area (Å²) in [6.45, 7) is -3.19. The van der Waals surface area contributed by atoms with Gasteiger partial charge in [-0.15, -0.1) is 0 Å². The Morgan fingerprint density at radius 2 is 1.89 bits per heavy atom. The number of carbonyl (C=O) groups is 1. The third kappa shape index (κ3) is 5.35. The average Bonchev–Trinajstić information content (AvgIpc) is 2.65. The van der Waals surface area contributed by atoms with E-state index in [1.165, 1.54) is 49.6 Å². The molecule has 0 bridgehead atoms. The minimum atomic E-state index is -3.03. The molecule has 0 unspecified atom stereocenters. The van der Waals surface area contributed by atoms with E-state index in [0.717, 1.165) is 0 Å². The van der Waals surface area contributed by atoms with E-state index in [1.54, 1.807) is 0 Å². The number of nitrogens with one attached hydrogen (secondary N) is 1. The van der Waals surface area contributed by atoms with Gasteiger partial charge in [-0.3, -0.25) is 14.9 Å². The van der Waals surface area contributed by atoms with Crippen LogP contribution in [0.4, 0.5) is 14.5 Å². The van der Waals surface area contributed by atoms with Crippen LogP contribution < -0.4 is 14.8 Å². The summed E-state index contributed by atoms with van der Waals surface area (Å²) in [4.78, 5) is 22.2. The highest BCUT2D eigenvalue weighted by molar-refractivity contribution is 5.94. The Hall–Kier alpha value is -3.27. The fraction of sp³-hybridized carbons (Fsp3) is 0.235. The molecule has 10 heteroatoms. The molecule has 0 radical (unpaired) electrons. The van der Waals surface area contributed by atoms with Gasteiger partial charge < -0.3 is 19.9 Å². The van der Waals surface area contributed by atoms with Crippen molar-refractivity contribution in [3.05, 3.63) is 63.7 Å². The van der Waals surface area contributed by atoms with Crippen LogP contribution in [-0.2, 0) is 0 Å². The number of alkyl halides is 2. The van der Waals surface area contributed by atoms with Gasteiger partial charge >= 0.3 is 6.61 Å². The van der Waals surface area contributed by atoms with Gasteiger partial charge in [0.25, 0.3) is 11.6 Å². The number of aliphatic hydroxyl groups is 1. The molecular formula is C17H16F2N2O6. The number of halogens is 2. The molecule has 0 saturated carbocycles. The van der Waals surface area contributed by atoms with Gasteiger partial charge in [0.05, 0.1) is 18.1 Å². The van der Waals surface area contributed by atoms with Crippen molar-refractivity contribution in [1.82, 2.24) is 5.32 Å². The zero-order valence-electron chi connectivity index (χ0n) is 14.1. The number of hydrogen-bond donors (Lipinski definition) is 2. The molecule has 0 aliphatic carbocycles. The summed E-state index contributed by atoms with van der Waals surface area (Å²) in [7, 11) is 1.24. The Kier molecular flexibility index (Phi) is 6.61. The molecule has 0 spiro atoms.